The molecule has 0 aliphatic heterocycles. The summed E-state index contributed by atoms with van der Waals surface area (Å²) in [5.74, 6) is -0.0605. The maximum absolute atomic E-state index is 10.4. The highest BCUT2D eigenvalue weighted by atomic mass is 16.4. The van der Waals surface area contributed by atoms with Crippen molar-refractivity contribution in [2.45, 2.75) is 45.4 Å². The third kappa shape index (κ3) is 4.81. The van der Waals surface area contributed by atoms with E-state index in [0.717, 1.165) is 18.9 Å². The van der Waals surface area contributed by atoms with Gasteiger partial charge in [-0.3, -0.25) is 0 Å². The average molecular weight is 212 g/mol. The van der Waals surface area contributed by atoms with Gasteiger partial charge in [-0.25, -0.2) is 4.79 Å². The number of nitrogens with one attached hydrogen (secondary N) is 1. The first-order valence-corrected chi connectivity index (χ1v) is 5.70. The predicted octanol–water partition coefficient (Wildman–Crippen LogP) is 2.01. The minimum atomic E-state index is -0.960. The molecule has 2 N–H and O–H groups in total. The summed E-state index contributed by atoms with van der Waals surface area (Å²) in [4.78, 5) is 10.4. The largest absolute Gasteiger partial charge is 0.477 e. The fraction of sp³-hybridized carbons (Fsp3) is 0.818. The second kappa shape index (κ2) is 6.43. The van der Waals surface area contributed by atoms with Gasteiger partial charge in [0.2, 0.25) is 0 Å². The molecule has 4 nitrogen and oxygen atoms in total. The normalized spacial score (nSPS) is 18.1. The van der Waals surface area contributed by atoms with Crippen LogP contribution in [-0.2, 0) is 4.79 Å². The van der Waals surface area contributed by atoms with Gasteiger partial charge in [-0.15, -0.1) is 0 Å². The molecule has 1 rings (SSSR count). The molecule has 0 radical (unpaired) electrons. The molecule has 0 heterocycles. The van der Waals surface area contributed by atoms with Gasteiger partial charge < -0.3 is 10.5 Å². The van der Waals surface area contributed by atoms with E-state index < -0.39 is 5.97 Å². The Bertz CT molecular complexity index is 233. The summed E-state index contributed by atoms with van der Waals surface area (Å²) >= 11 is 0. The number of nitrogens with zero attached hydrogens (tertiary/aromatic N) is 1. The minimum Gasteiger partial charge on any atom is -0.477 e. The number of carbonyl (C=O) groups is 1. The van der Waals surface area contributed by atoms with Crippen LogP contribution in [0, 0.1) is 5.92 Å². The van der Waals surface area contributed by atoms with Crippen LogP contribution < -0.4 is 5.43 Å². The molecule has 0 aromatic heterocycles. The zero-order valence-corrected chi connectivity index (χ0v) is 9.33. The Hall–Kier alpha value is -1.06. The van der Waals surface area contributed by atoms with Gasteiger partial charge in [-0.1, -0.05) is 25.7 Å². The molecule has 4 heteroatoms. The summed E-state index contributed by atoms with van der Waals surface area (Å²) in [5.41, 5.74) is 2.92. The first-order valence-electron chi connectivity index (χ1n) is 5.70. The van der Waals surface area contributed by atoms with Crippen molar-refractivity contribution < 1.29 is 9.90 Å². The number of hydrazone groups is 1. The average Bonchev–Trinajstić information content (AvgIpc) is 2.69. The monoisotopic (exact) mass is 212 g/mol. The SMILES string of the molecule is C/C(=N/NCCCC1CCCC1)C(=O)O. The van der Waals surface area contributed by atoms with Crippen LogP contribution in [0.2, 0.25) is 0 Å². The Morgan fingerprint density at radius 1 is 1.47 bits per heavy atom. The van der Waals surface area contributed by atoms with Gasteiger partial charge in [0.05, 0.1) is 0 Å². The summed E-state index contributed by atoms with van der Waals surface area (Å²) in [6, 6.07) is 0. The number of aliphatic carboxylic acids is 1. The van der Waals surface area contributed by atoms with Crippen LogP contribution in [-0.4, -0.2) is 23.3 Å². The molecular formula is C11H20N2O2. The van der Waals surface area contributed by atoms with Crippen LogP contribution in [0.3, 0.4) is 0 Å². The van der Waals surface area contributed by atoms with Crippen molar-refractivity contribution in [2.75, 3.05) is 6.54 Å². The van der Waals surface area contributed by atoms with Gasteiger partial charge in [0.1, 0.15) is 5.71 Å². The number of hydrogen-bond acceptors (Lipinski definition) is 3. The van der Waals surface area contributed by atoms with Crippen LogP contribution >= 0.6 is 0 Å². The molecular weight excluding hydrogens is 192 g/mol. The second-order valence-corrected chi connectivity index (χ2v) is 4.20. The molecule has 0 spiro atoms. The highest BCUT2D eigenvalue weighted by molar-refractivity contribution is 6.34. The van der Waals surface area contributed by atoms with Crippen LogP contribution in [0.4, 0.5) is 0 Å². The molecule has 0 saturated heterocycles. The van der Waals surface area contributed by atoms with Crippen molar-refractivity contribution in [3.63, 3.8) is 0 Å². The van der Waals surface area contributed by atoms with Crippen LogP contribution in [0.25, 0.3) is 0 Å². The van der Waals surface area contributed by atoms with E-state index in [1.165, 1.54) is 39.0 Å². The summed E-state index contributed by atoms with van der Waals surface area (Å²) in [6.45, 7) is 2.27. The van der Waals surface area contributed by atoms with Crippen LogP contribution in [0.15, 0.2) is 5.10 Å². The van der Waals surface area contributed by atoms with E-state index in [1.807, 2.05) is 0 Å². The first-order chi connectivity index (χ1) is 7.20. The lowest BCUT2D eigenvalue weighted by atomic mass is 10.0. The summed E-state index contributed by atoms with van der Waals surface area (Å²) in [6.07, 6.45) is 7.84. The summed E-state index contributed by atoms with van der Waals surface area (Å²) in [7, 11) is 0. The third-order valence-corrected chi connectivity index (χ3v) is 2.93. The van der Waals surface area contributed by atoms with E-state index in [4.69, 9.17) is 5.11 Å². The quantitative estimate of drug-likeness (QED) is 0.402. The van der Waals surface area contributed by atoms with Crippen molar-refractivity contribution in [2.24, 2.45) is 11.0 Å². The van der Waals surface area contributed by atoms with E-state index in [0.29, 0.717) is 0 Å². The number of carboxylic acid groups (broad SMARTS) is 1. The second-order valence-electron chi connectivity index (χ2n) is 4.20. The lowest BCUT2D eigenvalue weighted by Crippen LogP contribution is -2.16. The summed E-state index contributed by atoms with van der Waals surface area (Å²) in [5, 5.41) is 12.3. The first kappa shape index (κ1) is 12.0. The Morgan fingerprint density at radius 3 is 2.73 bits per heavy atom. The molecule has 0 aromatic rings. The Morgan fingerprint density at radius 2 is 2.13 bits per heavy atom. The van der Waals surface area contributed by atoms with Crippen molar-refractivity contribution in [3.05, 3.63) is 0 Å². The van der Waals surface area contributed by atoms with E-state index >= 15 is 0 Å². The van der Waals surface area contributed by atoms with Crippen molar-refractivity contribution in [1.29, 1.82) is 0 Å². The zero-order valence-electron chi connectivity index (χ0n) is 9.33. The Labute approximate surface area is 90.8 Å². The topological polar surface area (TPSA) is 61.7 Å². The van der Waals surface area contributed by atoms with Gasteiger partial charge in [0, 0.05) is 6.54 Å². The van der Waals surface area contributed by atoms with Crippen molar-refractivity contribution in [3.8, 4) is 0 Å². The molecule has 15 heavy (non-hydrogen) atoms. The van der Waals surface area contributed by atoms with Gasteiger partial charge in [-0.2, -0.15) is 5.10 Å². The number of rotatable bonds is 6. The van der Waals surface area contributed by atoms with Crippen LogP contribution in [0.1, 0.15) is 45.4 Å². The van der Waals surface area contributed by atoms with E-state index in [-0.39, 0.29) is 5.71 Å². The Balaban J connectivity index is 2.01. The van der Waals surface area contributed by atoms with Gasteiger partial charge in [-0.05, 0) is 25.7 Å². The molecule has 0 bridgehead atoms. The smallest absolute Gasteiger partial charge is 0.351 e. The highest BCUT2D eigenvalue weighted by Gasteiger charge is 2.13. The fourth-order valence-corrected chi connectivity index (χ4v) is 1.99. The lowest BCUT2D eigenvalue weighted by molar-refractivity contribution is -0.129. The number of hydrogen-bond donors (Lipinski definition) is 2. The molecule has 1 aliphatic carbocycles. The Kier molecular flexibility index (Phi) is 5.15. The fourth-order valence-electron chi connectivity index (χ4n) is 1.99. The zero-order chi connectivity index (χ0) is 11.1. The van der Waals surface area contributed by atoms with Gasteiger partial charge in [0.15, 0.2) is 0 Å². The van der Waals surface area contributed by atoms with Crippen LogP contribution in [0.5, 0.6) is 0 Å². The van der Waals surface area contributed by atoms with Crippen molar-refractivity contribution in [1.82, 2.24) is 5.43 Å². The van der Waals surface area contributed by atoms with E-state index in [1.54, 1.807) is 0 Å². The predicted molar refractivity (Wildman–Crippen MR) is 59.9 cm³/mol. The standard InChI is InChI=1S/C11H20N2O2/c1-9(11(14)15)13-12-8-4-7-10-5-2-3-6-10/h10,12H,2-8H2,1H3,(H,14,15)/b13-9-. The van der Waals surface area contributed by atoms with Gasteiger partial charge in [0.25, 0.3) is 0 Å². The molecule has 86 valence electrons. The molecule has 1 aliphatic rings. The van der Waals surface area contributed by atoms with E-state index in [2.05, 4.69) is 10.5 Å². The van der Waals surface area contributed by atoms with Crippen molar-refractivity contribution >= 4 is 11.7 Å². The maximum atomic E-state index is 10.4. The van der Waals surface area contributed by atoms with Gasteiger partial charge >= 0.3 is 5.97 Å². The lowest BCUT2D eigenvalue weighted by Gasteiger charge is -2.07. The van der Waals surface area contributed by atoms with E-state index in [9.17, 15) is 4.79 Å². The minimum absolute atomic E-state index is 0.121. The molecule has 0 unspecified atom stereocenters. The molecule has 1 fully saturated rings. The summed E-state index contributed by atoms with van der Waals surface area (Å²) < 4.78 is 0. The highest BCUT2D eigenvalue weighted by Crippen LogP contribution is 2.28. The molecule has 0 atom stereocenters. The molecule has 0 amide bonds. The molecule has 0 aromatic carbocycles. The number of carboxylic acids is 1. The third-order valence-electron chi connectivity index (χ3n) is 2.93. The molecule has 1 saturated carbocycles. The maximum Gasteiger partial charge on any atom is 0.351 e.